The molecular weight excluding hydrogens is 282 g/mol. The maximum Gasteiger partial charge on any atom is 0.306 e. The van der Waals surface area contributed by atoms with Crippen LogP contribution in [0.4, 0.5) is 0 Å². The Labute approximate surface area is 121 Å². The number of rotatable bonds is 9. The molecule has 0 radical (unpaired) electrons. The molecule has 0 N–H and O–H groups in total. The van der Waals surface area contributed by atoms with E-state index in [0.717, 1.165) is 19.4 Å². The van der Waals surface area contributed by atoms with Gasteiger partial charge in [-0.15, -0.1) is 0 Å². The van der Waals surface area contributed by atoms with E-state index in [2.05, 4.69) is 4.74 Å². The summed E-state index contributed by atoms with van der Waals surface area (Å²) in [6, 6.07) is 0. The van der Waals surface area contributed by atoms with Gasteiger partial charge >= 0.3 is 5.97 Å². The Hall–Kier alpha value is -0.660. The quantitative estimate of drug-likeness (QED) is 0.576. The van der Waals surface area contributed by atoms with Crippen LogP contribution in [-0.4, -0.2) is 70.2 Å². The molecule has 1 saturated heterocycles. The van der Waals surface area contributed by atoms with Crippen LogP contribution < -0.4 is 0 Å². The molecule has 0 aliphatic carbocycles. The maximum absolute atomic E-state index is 11.6. The average Bonchev–Trinajstić information content (AvgIpc) is 2.94. The second kappa shape index (κ2) is 8.59. The Morgan fingerprint density at radius 1 is 1.40 bits per heavy atom. The van der Waals surface area contributed by atoms with Gasteiger partial charge in [-0.05, 0) is 12.8 Å². The Morgan fingerprint density at radius 3 is 2.70 bits per heavy atom. The van der Waals surface area contributed by atoms with Gasteiger partial charge in [-0.1, -0.05) is 6.92 Å². The lowest BCUT2D eigenvalue weighted by Crippen LogP contribution is -2.37. The van der Waals surface area contributed by atoms with Crippen molar-refractivity contribution in [3.63, 3.8) is 0 Å². The lowest BCUT2D eigenvalue weighted by atomic mass is 10.2. The third-order valence-electron chi connectivity index (χ3n) is 3.50. The van der Waals surface area contributed by atoms with Gasteiger partial charge in [0.1, 0.15) is 0 Å². The first kappa shape index (κ1) is 17.4. The fraction of sp³-hybridized carbons (Fsp3) is 0.923. The van der Waals surface area contributed by atoms with E-state index < -0.39 is 9.84 Å². The van der Waals surface area contributed by atoms with Crippen molar-refractivity contribution < 1.29 is 22.7 Å². The van der Waals surface area contributed by atoms with Crippen LogP contribution in [0.1, 0.15) is 26.2 Å². The highest BCUT2D eigenvalue weighted by atomic mass is 32.2. The third-order valence-corrected chi connectivity index (χ3v) is 5.19. The molecule has 0 aromatic rings. The molecule has 0 bridgehead atoms. The fourth-order valence-electron chi connectivity index (χ4n) is 2.13. The van der Waals surface area contributed by atoms with Gasteiger partial charge in [0.15, 0.2) is 9.84 Å². The normalized spacial score (nSPS) is 19.4. The molecule has 0 saturated carbocycles. The smallest absolute Gasteiger partial charge is 0.306 e. The monoisotopic (exact) mass is 307 g/mol. The Balaban J connectivity index is 2.46. The van der Waals surface area contributed by atoms with Gasteiger partial charge in [-0.2, -0.15) is 0 Å². The first-order chi connectivity index (χ1) is 9.46. The zero-order valence-electron chi connectivity index (χ0n) is 12.3. The highest BCUT2D eigenvalue weighted by Crippen LogP contribution is 2.13. The van der Waals surface area contributed by atoms with E-state index in [1.165, 1.54) is 7.11 Å². The van der Waals surface area contributed by atoms with Gasteiger partial charge < -0.3 is 9.47 Å². The van der Waals surface area contributed by atoms with Crippen molar-refractivity contribution in [1.82, 2.24) is 4.90 Å². The number of hydrogen-bond acceptors (Lipinski definition) is 6. The van der Waals surface area contributed by atoms with Crippen molar-refractivity contribution >= 4 is 15.8 Å². The molecule has 1 rings (SSSR count). The van der Waals surface area contributed by atoms with Crippen LogP contribution in [0.5, 0.6) is 0 Å². The predicted octanol–water partition coefficient (Wildman–Crippen LogP) is 0.465. The first-order valence-electron chi connectivity index (χ1n) is 7.08. The highest BCUT2D eigenvalue weighted by molar-refractivity contribution is 7.91. The summed E-state index contributed by atoms with van der Waals surface area (Å²) in [6.07, 6.45) is 2.46. The van der Waals surface area contributed by atoms with E-state index in [1.54, 1.807) is 6.92 Å². The Morgan fingerprint density at radius 2 is 2.15 bits per heavy atom. The van der Waals surface area contributed by atoms with Crippen molar-refractivity contribution in [3.05, 3.63) is 0 Å². The third kappa shape index (κ3) is 6.67. The molecule has 1 aliphatic heterocycles. The summed E-state index contributed by atoms with van der Waals surface area (Å²) >= 11 is 0. The predicted molar refractivity (Wildman–Crippen MR) is 76.4 cm³/mol. The van der Waals surface area contributed by atoms with Gasteiger partial charge in [0.25, 0.3) is 0 Å². The summed E-state index contributed by atoms with van der Waals surface area (Å²) in [4.78, 5) is 13.2. The zero-order valence-corrected chi connectivity index (χ0v) is 13.2. The van der Waals surface area contributed by atoms with Gasteiger partial charge in [-0.3, -0.25) is 9.69 Å². The van der Waals surface area contributed by atoms with Crippen LogP contribution in [-0.2, 0) is 24.1 Å². The van der Waals surface area contributed by atoms with Crippen LogP contribution in [0.15, 0.2) is 0 Å². The Bertz CT molecular complexity index is 390. The summed E-state index contributed by atoms with van der Waals surface area (Å²) < 4.78 is 33.4. The summed E-state index contributed by atoms with van der Waals surface area (Å²) in [6.45, 7) is 4.03. The summed E-state index contributed by atoms with van der Waals surface area (Å²) in [5.41, 5.74) is 0. The molecular formula is C13H25NO5S. The SMILES string of the molecule is CCS(=O)(=O)CCN(CCC(=O)OC)CC1CCCO1. The molecule has 1 atom stereocenters. The molecule has 7 heteroatoms. The standard InChI is InChI=1S/C13H25NO5S/c1-3-20(16,17)10-8-14(7-6-13(15)18-2)11-12-5-4-9-19-12/h12H,3-11H2,1-2H3. The van der Waals surface area contributed by atoms with Crippen molar-refractivity contribution in [3.8, 4) is 0 Å². The number of sulfone groups is 1. The lowest BCUT2D eigenvalue weighted by molar-refractivity contribution is -0.141. The molecule has 1 heterocycles. The number of carbonyl (C=O) groups is 1. The van der Waals surface area contributed by atoms with Crippen LogP contribution in [0.2, 0.25) is 0 Å². The van der Waals surface area contributed by atoms with Crippen molar-refractivity contribution in [2.45, 2.75) is 32.3 Å². The summed E-state index contributed by atoms with van der Waals surface area (Å²) in [5, 5.41) is 0. The van der Waals surface area contributed by atoms with E-state index in [9.17, 15) is 13.2 Å². The van der Waals surface area contributed by atoms with Crippen molar-refractivity contribution in [1.29, 1.82) is 0 Å². The van der Waals surface area contributed by atoms with Gasteiger partial charge in [0.05, 0.1) is 25.4 Å². The largest absolute Gasteiger partial charge is 0.469 e. The lowest BCUT2D eigenvalue weighted by Gasteiger charge is -2.24. The molecule has 20 heavy (non-hydrogen) atoms. The fourth-order valence-corrected chi connectivity index (χ4v) is 2.96. The molecule has 0 aromatic heterocycles. The minimum absolute atomic E-state index is 0.122. The summed E-state index contributed by atoms with van der Waals surface area (Å²) in [5.74, 6) is -0.00416. The average molecular weight is 307 g/mol. The molecule has 1 aliphatic rings. The van der Waals surface area contributed by atoms with Gasteiger partial charge in [0.2, 0.25) is 0 Å². The molecule has 1 unspecified atom stereocenters. The second-order valence-corrected chi connectivity index (χ2v) is 7.47. The minimum Gasteiger partial charge on any atom is -0.469 e. The molecule has 118 valence electrons. The molecule has 1 fully saturated rings. The van der Waals surface area contributed by atoms with Gasteiger partial charge in [-0.25, -0.2) is 8.42 Å². The van der Waals surface area contributed by atoms with E-state index >= 15 is 0 Å². The van der Waals surface area contributed by atoms with E-state index in [0.29, 0.717) is 19.6 Å². The Kier molecular flexibility index (Phi) is 7.47. The summed E-state index contributed by atoms with van der Waals surface area (Å²) in [7, 11) is -1.64. The van der Waals surface area contributed by atoms with E-state index in [-0.39, 0.29) is 30.0 Å². The number of hydrogen-bond donors (Lipinski definition) is 0. The minimum atomic E-state index is -2.99. The number of ether oxygens (including phenoxy) is 2. The number of methoxy groups -OCH3 is 1. The molecule has 0 amide bonds. The number of carbonyl (C=O) groups excluding carboxylic acids is 1. The van der Waals surface area contributed by atoms with Crippen molar-refractivity contribution in [2.75, 3.05) is 44.9 Å². The van der Waals surface area contributed by atoms with Crippen LogP contribution in [0.3, 0.4) is 0 Å². The van der Waals surface area contributed by atoms with E-state index in [4.69, 9.17) is 4.74 Å². The first-order valence-corrected chi connectivity index (χ1v) is 8.90. The van der Waals surface area contributed by atoms with Crippen LogP contribution >= 0.6 is 0 Å². The molecule has 6 nitrogen and oxygen atoms in total. The highest BCUT2D eigenvalue weighted by Gasteiger charge is 2.21. The molecule has 0 aromatic carbocycles. The van der Waals surface area contributed by atoms with E-state index in [1.807, 2.05) is 4.90 Å². The topological polar surface area (TPSA) is 72.9 Å². The number of esters is 1. The molecule has 0 spiro atoms. The van der Waals surface area contributed by atoms with Crippen LogP contribution in [0, 0.1) is 0 Å². The number of nitrogens with zero attached hydrogens (tertiary/aromatic N) is 1. The second-order valence-electron chi connectivity index (χ2n) is 5.00. The van der Waals surface area contributed by atoms with Crippen LogP contribution in [0.25, 0.3) is 0 Å². The maximum atomic E-state index is 11.6. The van der Waals surface area contributed by atoms with Crippen molar-refractivity contribution in [2.24, 2.45) is 0 Å². The zero-order chi connectivity index (χ0) is 15.0. The van der Waals surface area contributed by atoms with Gasteiger partial charge in [0, 0.05) is 32.0 Å².